The monoisotopic (exact) mass is 393 g/mol. The zero-order valence-corrected chi connectivity index (χ0v) is 16.5. The van der Waals surface area contributed by atoms with Crippen LogP contribution in [0.2, 0.25) is 0 Å². The van der Waals surface area contributed by atoms with Gasteiger partial charge < -0.3 is 20.3 Å². The molecule has 1 aromatic carbocycles. The number of benzene rings is 1. The predicted molar refractivity (Wildman–Crippen MR) is 109 cm³/mol. The number of aromatic nitrogens is 2. The first-order valence-corrected chi connectivity index (χ1v) is 11.0. The Kier molecular flexibility index (Phi) is 4.06. The number of nitrogens with zero attached hydrogens (tertiary/aromatic N) is 2. The highest BCUT2D eigenvalue weighted by Crippen LogP contribution is 2.48. The summed E-state index contributed by atoms with van der Waals surface area (Å²) in [5.41, 5.74) is 6.16. The zero-order valence-electron chi connectivity index (χ0n) is 16.5. The minimum atomic E-state index is -0.339. The van der Waals surface area contributed by atoms with Crippen molar-refractivity contribution in [3.63, 3.8) is 0 Å². The maximum Gasteiger partial charge on any atom is 0.155 e. The molecular formula is C23H27N3O3. The van der Waals surface area contributed by atoms with E-state index in [0.717, 1.165) is 91.6 Å². The summed E-state index contributed by atoms with van der Waals surface area (Å²) in [6, 6.07) is 4.17. The Morgan fingerprint density at radius 3 is 2.79 bits per heavy atom. The van der Waals surface area contributed by atoms with Crippen LogP contribution >= 0.6 is 0 Å². The molecule has 2 bridgehead atoms. The standard InChI is InChI=1S/C23H27N3O3/c27-18-6-2-5-17(18)24-23-20-16(11-13-8-10-19(20)29-13)21(25-26-23)15-9-7-12-3-1-4-14(12)22(15)28/h7,9,13,17-19,27-28H,1-6,8,10-11H2,(H,24,26)/t13-,17+,18+,19+/m0/s1. The highest BCUT2D eigenvalue weighted by atomic mass is 16.5. The fourth-order valence-electron chi connectivity index (χ4n) is 5.78. The van der Waals surface area contributed by atoms with E-state index in [1.165, 1.54) is 5.56 Å². The highest BCUT2D eigenvalue weighted by Gasteiger charge is 2.39. The van der Waals surface area contributed by atoms with Crippen molar-refractivity contribution >= 4 is 5.82 Å². The van der Waals surface area contributed by atoms with Gasteiger partial charge in [0.25, 0.3) is 0 Å². The van der Waals surface area contributed by atoms with Gasteiger partial charge in [-0.15, -0.1) is 10.2 Å². The van der Waals surface area contributed by atoms with Gasteiger partial charge in [0.1, 0.15) is 11.4 Å². The number of aliphatic hydroxyl groups is 1. The van der Waals surface area contributed by atoms with Gasteiger partial charge in [-0.1, -0.05) is 6.07 Å². The maximum atomic E-state index is 11.0. The van der Waals surface area contributed by atoms with E-state index in [4.69, 9.17) is 4.74 Å². The number of aryl methyl sites for hydroxylation is 1. The maximum absolute atomic E-state index is 11.0. The molecule has 0 radical (unpaired) electrons. The quantitative estimate of drug-likeness (QED) is 0.740. The van der Waals surface area contributed by atoms with Gasteiger partial charge in [-0.25, -0.2) is 0 Å². The van der Waals surface area contributed by atoms with Gasteiger partial charge in [0.05, 0.1) is 24.4 Å². The molecule has 3 heterocycles. The molecule has 0 unspecified atom stereocenters. The van der Waals surface area contributed by atoms with Crippen molar-refractivity contribution in [2.24, 2.45) is 0 Å². The molecule has 29 heavy (non-hydrogen) atoms. The summed E-state index contributed by atoms with van der Waals surface area (Å²) < 4.78 is 6.22. The molecule has 6 heteroatoms. The first-order valence-electron chi connectivity index (χ1n) is 11.0. The Morgan fingerprint density at radius 1 is 1.00 bits per heavy atom. The van der Waals surface area contributed by atoms with Crippen molar-refractivity contribution in [3.8, 4) is 17.0 Å². The summed E-state index contributed by atoms with van der Waals surface area (Å²) in [7, 11) is 0. The number of anilines is 1. The minimum Gasteiger partial charge on any atom is -0.507 e. The average molecular weight is 393 g/mol. The number of aromatic hydroxyl groups is 1. The third-order valence-corrected chi connectivity index (χ3v) is 7.29. The molecule has 3 N–H and O–H groups in total. The minimum absolute atomic E-state index is 0.0202. The Labute approximate surface area is 170 Å². The lowest BCUT2D eigenvalue weighted by Crippen LogP contribution is -2.30. The van der Waals surface area contributed by atoms with Crippen LogP contribution in [0.3, 0.4) is 0 Å². The van der Waals surface area contributed by atoms with E-state index in [2.05, 4.69) is 21.6 Å². The number of rotatable bonds is 3. The fraction of sp³-hybridized carbons (Fsp3) is 0.565. The first-order chi connectivity index (χ1) is 14.2. The molecule has 152 valence electrons. The lowest BCUT2D eigenvalue weighted by molar-refractivity contribution is 0.0325. The summed E-state index contributed by atoms with van der Waals surface area (Å²) in [5, 5.41) is 33.9. The zero-order chi connectivity index (χ0) is 19.5. The number of fused-ring (bicyclic) bond motifs is 5. The average Bonchev–Trinajstić information content (AvgIpc) is 3.44. The first kappa shape index (κ1) is 17.7. The summed E-state index contributed by atoms with van der Waals surface area (Å²) in [6.45, 7) is 0. The third-order valence-electron chi connectivity index (χ3n) is 7.29. The molecule has 0 spiro atoms. The molecule has 4 aliphatic rings. The Hall–Kier alpha value is -2.18. The Balaban J connectivity index is 1.47. The van der Waals surface area contributed by atoms with E-state index < -0.39 is 0 Å². The van der Waals surface area contributed by atoms with E-state index in [0.29, 0.717) is 5.75 Å². The summed E-state index contributed by atoms with van der Waals surface area (Å²) >= 11 is 0. The molecule has 2 aliphatic heterocycles. The van der Waals surface area contributed by atoms with Gasteiger partial charge in [-0.2, -0.15) is 0 Å². The molecule has 2 aliphatic carbocycles. The molecule has 1 aromatic heterocycles. The van der Waals surface area contributed by atoms with Gasteiger partial charge in [0.2, 0.25) is 0 Å². The van der Waals surface area contributed by atoms with Crippen molar-refractivity contribution in [2.45, 2.75) is 82.1 Å². The lowest BCUT2D eigenvalue weighted by atomic mass is 9.92. The summed E-state index contributed by atoms with van der Waals surface area (Å²) in [4.78, 5) is 0. The predicted octanol–water partition coefficient (Wildman–Crippen LogP) is 3.44. The second-order valence-electron chi connectivity index (χ2n) is 9.02. The summed E-state index contributed by atoms with van der Waals surface area (Å²) in [5.74, 6) is 1.13. The number of nitrogens with one attached hydrogen (secondary N) is 1. The highest BCUT2D eigenvalue weighted by molar-refractivity contribution is 5.75. The van der Waals surface area contributed by atoms with Gasteiger partial charge in [-0.05, 0) is 74.1 Å². The topological polar surface area (TPSA) is 87.5 Å². The molecule has 2 fully saturated rings. The second-order valence-corrected chi connectivity index (χ2v) is 9.02. The van der Waals surface area contributed by atoms with Crippen LogP contribution in [0.25, 0.3) is 11.3 Å². The number of phenolic OH excluding ortho intramolecular Hbond substituents is 1. The van der Waals surface area contributed by atoms with Crippen molar-refractivity contribution in [2.75, 3.05) is 5.32 Å². The van der Waals surface area contributed by atoms with Crippen LogP contribution in [0.4, 0.5) is 5.82 Å². The van der Waals surface area contributed by atoms with Gasteiger partial charge in [-0.3, -0.25) is 0 Å². The van der Waals surface area contributed by atoms with Gasteiger partial charge in [0.15, 0.2) is 5.82 Å². The van der Waals surface area contributed by atoms with Gasteiger partial charge in [0, 0.05) is 17.5 Å². The lowest BCUT2D eigenvalue weighted by Gasteiger charge is -2.29. The largest absolute Gasteiger partial charge is 0.507 e. The van der Waals surface area contributed by atoms with E-state index >= 15 is 0 Å². The normalized spacial score (nSPS) is 29.7. The molecule has 2 aromatic rings. The molecular weight excluding hydrogens is 366 g/mol. The number of ether oxygens (including phenoxy) is 1. The van der Waals surface area contributed by atoms with Crippen molar-refractivity contribution in [1.29, 1.82) is 0 Å². The van der Waals surface area contributed by atoms with Crippen LogP contribution in [0.1, 0.15) is 66.9 Å². The van der Waals surface area contributed by atoms with Crippen molar-refractivity contribution in [1.82, 2.24) is 10.2 Å². The van der Waals surface area contributed by atoms with Crippen LogP contribution in [-0.4, -0.2) is 38.7 Å². The van der Waals surface area contributed by atoms with Crippen LogP contribution < -0.4 is 5.32 Å². The van der Waals surface area contributed by atoms with Gasteiger partial charge >= 0.3 is 0 Å². The van der Waals surface area contributed by atoms with Crippen LogP contribution in [0.5, 0.6) is 5.75 Å². The van der Waals surface area contributed by atoms with E-state index in [1.807, 2.05) is 6.07 Å². The summed E-state index contributed by atoms with van der Waals surface area (Å²) in [6.07, 6.45) is 8.60. The number of hydrogen-bond donors (Lipinski definition) is 3. The van der Waals surface area contributed by atoms with Crippen LogP contribution in [0, 0.1) is 0 Å². The molecule has 6 rings (SSSR count). The second kappa shape index (κ2) is 6.67. The molecule has 4 atom stereocenters. The van der Waals surface area contributed by atoms with Crippen LogP contribution in [0.15, 0.2) is 12.1 Å². The van der Waals surface area contributed by atoms with E-state index in [9.17, 15) is 10.2 Å². The number of hydrogen-bond acceptors (Lipinski definition) is 6. The Bertz CT molecular complexity index is 976. The molecule has 1 saturated heterocycles. The SMILES string of the molecule is Oc1c(-c2nnc(N[C@@H]3CCC[C@H]3O)c3c2C[C@@H]2CC[C@H]3O2)ccc2c1CCC2. The number of phenols is 1. The molecule has 1 saturated carbocycles. The van der Waals surface area contributed by atoms with E-state index in [1.54, 1.807) is 0 Å². The Morgan fingerprint density at radius 2 is 1.93 bits per heavy atom. The molecule has 0 amide bonds. The van der Waals surface area contributed by atoms with E-state index in [-0.39, 0.29) is 24.4 Å². The van der Waals surface area contributed by atoms with Crippen molar-refractivity contribution < 1.29 is 14.9 Å². The number of aliphatic hydroxyl groups excluding tert-OH is 1. The smallest absolute Gasteiger partial charge is 0.155 e. The third kappa shape index (κ3) is 2.76. The fourth-order valence-corrected chi connectivity index (χ4v) is 5.78. The van der Waals surface area contributed by atoms with Crippen LogP contribution in [-0.2, 0) is 24.0 Å². The van der Waals surface area contributed by atoms with Crippen molar-refractivity contribution in [3.05, 3.63) is 34.4 Å². The molecule has 6 nitrogen and oxygen atoms in total.